The van der Waals surface area contributed by atoms with E-state index in [0.29, 0.717) is 5.33 Å². The molecule has 0 spiro atoms. The fraction of sp³-hybridized carbons (Fsp3) is 1.00. The van der Waals surface area contributed by atoms with Crippen molar-refractivity contribution in [2.75, 3.05) is 30.3 Å². The molecule has 0 heterocycles. The van der Waals surface area contributed by atoms with E-state index >= 15 is 0 Å². The van der Waals surface area contributed by atoms with Crippen molar-refractivity contribution in [3.8, 4) is 0 Å². The first-order chi connectivity index (χ1) is 6.60. The van der Waals surface area contributed by atoms with Crippen LogP contribution in [0.5, 0.6) is 0 Å². The van der Waals surface area contributed by atoms with Crippen molar-refractivity contribution in [2.24, 2.45) is 0 Å². The van der Waals surface area contributed by atoms with E-state index < -0.39 is 7.60 Å². The molecule has 8 heteroatoms. The SMILES string of the molecule is O=P(OCCCl)(OCCCl)C(Br)CBr. The summed E-state index contributed by atoms with van der Waals surface area (Å²) in [5, 5.41) is 0.467. The molecule has 0 N–H and O–H groups in total. The van der Waals surface area contributed by atoms with E-state index in [9.17, 15) is 4.57 Å². The van der Waals surface area contributed by atoms with Gasteiger partial charge in [0.15, 0.2) is 0 Å². The minimum Gasteiger partial charge on any atom is -0.307 e. The molecule has 1 unspecified atom stereocenters. The van der Waals surface area contributed by atoms with Crippen LogP contribution in [0.3, 0.4) is 0 Å². The summed E-state index contributed by atoms with van der Waals surface area (Å²) in [5.41, 5.74) is 0. The molecule has 0 radical (unpaired) electrons. The maximum Gasteiger partial charge on any atom is 0.345 e. The molecule has 0 aliphatic carbocycles. The van der Waals surface area contributed by atoms with Gasteiger partial charge in [-0.25, -0.2) is 0 Å². The minimum atomic E-state index is -3.14. The average molecular weight is 393 g/mol. The first kappa shape index (κ1) is 15.7. The Labute approximate surface area is 111 Å². The van der Waals surface area contributed by atoms with Gasteiger partial charge in [-0.05, 0) is 0 Å². The van der Waals surface area contributed by atoms with Crippen molar-refractivity contribution >= 4 is 62.7 Å². The third kappa shape index (κ3) is 5.69. The summed E-state index contributed by atoms with van der Waals surface area (Å²) in [5.74, 6) is 0.548. The standard InChI is InChI=1S/C6H11Br2Cl2O3P/c7-5-6(8)14(11,12-3-1-9)13-4-2-10/h6H,1-5H2. The zero-order chi connectivity index (χ0) is 11.0. The highest BCUT2D eigenvalue weighted by Crippen LogP contribution is 2.56. The van der Waals surface area contributed by atoms with E-state index in [2.05, 4.69) is 31.9 Å². The number of rotatable bonds is 8. The van der Waals surface area contributed by atoms with Crippen LogP contribution in [0.4, 0.5) is 0 Å². The van der Waals surface area contributed by atoms with Gasteiger partial charge in [-0.15, -0.1) is 23.2 Å². The zero-order valence-electron chi connectivity index (χ0n) is 7.30. The third-order valence-corrected chi connectivity index (χ3v) is 7.27. The summed E-state index contributed by atoms with van der Waals surface area (Å²) < 4.78 is 21.8. The van der Waals surface area contributed by atoms with Crippen molar-refractivity contribution in [3.63, 3.8) is 0 Å². The van der Waals surface area contributed by atoms with Crippen LogP contribution in [0.25, 0.3) is 0 Å². The van der Waals surface area contributed by atoms with E-state index in [1.807, 2.05) is 0 Å². The molecule has 0 rings (SSSR count). The Hall–Kier alpha value is 1.69. The maximum absolute atomic E-state index is 12.0. The number of hydrogen-bond acceptors (Lipinski definition) is 3. The van der Waals surface area contributed by atoms with Gasteiger partial charge in [0.05, 0.1) is 13.2 Å². The Kier molecular flexibility index (Phi) is 9.86. The fourth-order valence-corrected chi connectivity index (χ4v) is 4.01. The van der Waals surface area contributed by atoms with Crippen molar-refractivity contribution in [3.05, 3.63) is 0 Å². The predicted octanol–water partition coefficient (Wildman–Crippen LogP) is 3.81. The highest BCUT2D eigenvalue weighted by molar-refractivity contribution is 9.13. The van der Waals surface area contributed by atoms with Crippen LogP contribution in [-0.2, 0) is 13.6 Å². The maximum atomic E-state index is 12.0. The van der Waals surface area contributed by atoms with Crippen LogP contribution in [-0.4, -0.2) is 34.9 Å². The fourth-order valence-electron chi connectivity index (χ4n) is 0.607. The van der Waals surface area contributed by atoms with Gasteiger partial charge in [0.1, 0.15) is 4.57 Å². The normalized spacial score (nSPS) is 14.3. The van der Waals surface area contributed by atoms with Gasteiger partial charge in [0.2, 0.25) is 0 Å². The molecule has 0 fully saturated rings. The molecular weight excluding hydrogens is 382 g/mol. The van der Waals surface area contributed by atoms with Gasteiger partial charge in [0.25, 0.3) is 0 Å². The van der Waals surface area contributed by atoms with Gasteiger partial charge in [0, 0.05) is 17.1 Å². The molecule has 0 saturated carbocycles. The number of hydrogen-bond donors (Lipinski definition) is 0. The van der Waals surface area contributed by atoms with E-state index in [1.54, 1.807) is 0 Å². The lowest BCUT2D eigenvalue weighted by Crippen LogP contribution is -2.10. The zero-order valence-corrected chi connectivity index (χ0v) is 12.9. The highest BCUT2D eigenvalue weighted by atomic mass is 79.9. The van der Waals surface area contributed by atoms with Gasteiger partial charge in [-0.3, -0.25) is 4.57 Å². The number of halogens is 4. The predicted molar refractivity (Wildman–Crippen MR) is 67.5 cm³/mol. The quantitative estimate of drug-likeness (QED) is 0.465. The first-order valence-electron chi connectivity index (χ1n) is 3.81. The van der Waals surface area contributed by atoms with E-state index in [4.69, 9.17) is 32.2 Å². The lowest BCUT2D eigenvalue weighted by molar-refractivity contribution is 0.222. The Morgan fingerprint density at radius 2 is 1.64 bits per heavy atom. The van der Waals surface area contributed by atoms with E-state index in [-0.39, 0.29) is 29.5 Å². The molecule has 1 atom stereocenters. The molecule has 0 saturated heterocycles. The lowest BCUT2D eigenvalue weighted by atomic mass is 10.9. The number of alkyl halides is 4. The van der Waals surface area contributed by atoms with Gasteiger partial charge in [-0.2, -0.15) is 0 Å². The summed E-state index contributed by atoms with van der Waals surface area (Å²) >= 11 is 17.3. The van der Waals surface area contributed by atoms with Crippen LogP contribution >= 0.6 is 62.7 Å². The first-order valence-corrected chi connectivity index (χ1v) is 8.53. The molecular formula is C6H11Br2Cl2O3P. The van der Waals surface area contributed by atoms with Crippen molar-refractivity contribution in [1.82, 2.24) is 0 Å². The largest absolute Gasteiger partial charge is 0.345 e. The Morgan fingerprint density at radius 3 is 1.93 bits per heavy atom. The molecule has 0 aliphatic rings. The Balaban J connectivity index is 4.25. The van der Waals surface area contributed by atoms with E-state index in [1.165, 1.54) is 0 Å². The smallest absolute Gasteiger partial charge is 0.307 e. The molecule has 0 aromatic carbocycles. The highest BCUT2D eigenvalue weighted by Gasteiger charge is 2.33. The molecule has 14 heavy (non-hydrogen) atoms. The summed E-state index contributed by atoms with van der Waals surface area (Å²) in [6.45, 7) is 0.381. The van der Waals surface area contributed by atoms with Crippen LogP contribution in [0, 0.1) is 0 Å². The molecule has 0 amide bonds. The average Bonchev–Trinajstić information content (AvgIpc) is 2.22. The summed E-state index contributed by atoms with van der Waals surface area (Å²) in [6, 6.07) is 0. The van der Waals surface area contributed by atoms with Crippen LogP contribution in [0.1, 0.15) is 0 Å². The van der Waals surface area contributed by atoms with Crippen LogP contribution in [0.2, 0.25) is 0 Å². The second-order valence-corrected chi connectivity index (χ2v) is 7.61. The van der Waals surface area contributed by atoms with Crippen molar-refractivity contribution in [1.29, 1.82) is 0 Å². The molecule has 0 aromatic rings. The molecule has 86 valence electrons. The molecule has 0 bridgehead atoms. The second-order valence-electron chi connectivity index (χ2n) is 2.17. The topological polar surface area (TPSA) is 35.5 Å². The molecule has 3 nitrogen and oxygen atoms in total. The monoisotopic (exact) mass is 390 g/mol. The minimum absolute atomic E-state index is 0.191. The lowest BCUT2D eigenvalue weighted by Gasteiger charge is -2.20. The summed E-state index contributed by atoms with van der Waals surface area (Å²) in [6.07, 6.45) is 0. The van der Waals surface area contributed by atoms with Gasteiger partial charge >= 0.3 is 7.60 Å². The van der Waals surface area contributed by atoms with Crippen LogP contribution < -0.4 is 0 Å². The third-order valence-electron chi connectivity index (χ3n) is 1.17. The van der Waals surface area contributed by atoms with E-state index in [0.717, 1.165) is 0 Å². The van der Waals surface area contributed by atoms with Gasteiger partial charge in [-0.1, -0.05) is 31.9 Å². The second kappa shape index (κ2) is 8.80. The Bertz CT molecular complexity index is 184. The molecule has 0 aliphatic heterocycles. The summed E-state index contributed by atoms with van der Waals surface area (Å²) in [7, 11) is -3.14. The van der Waals surface area contributed by atoms with Crippen LogP contribution in [0.15, 0.2) is 0 Å². The summed E-state index contributed by atoms with van der Waals surface area (Å²) in [4.78, 5) is 0. The molecule has 0 aromatic heterocycles. The van der Waals surface area contributed by atoms with Crippen molar-refractivity contribution in [2.45, 2.75) is 4.57 Å². The van der Waals surface area contributed by atoms with Crippen molar-refractivity contribution < 1.29 is 13.6 Å². The Morgan fingerprint density at radius 1 is 1.21 bits per heavy atom. The van der Waals surface area contributed by atoms with Gasteiger partial charge < -0.3 is 9.05 Å².